The van der Waals surface area contributed by atoms with E-state index in [9.17, 15) is 19.2 Å². The van der Waals surface area contributed by atoms with Crippen molar-refractivity contribution in [3.63, 3.8) is 0 Å². The van der Waals surface area contributed by atoms with Gasteiger partial charge >= 0.3 is 170 Å². The van der Waals surface area contributed by atoms with Gasteiger partial charge in [-0.1, -0.05) is 39.5 Å². The summed E-state index contributed by atoms with van der Waals surface area (Å²) < 4.78 is 100. The Labute approximate surface area is 759 Å². The van der Waals surface area contributed by atoms with Crippen LogP contribution in [0.3, 0.4) is 0 Å². The standard InChI is InChI=1S/C18H36N2O6.4C12H27O4Si.C6H14.2K.S.U/c1-7-21-13-14-24-10-4-20-5-11-25-17-15-22-8-2-19(1)3-9-23-16-18-26-12-6-20;4*1-10(2,3)14-17(13,15-11(4,5)6)16-12(7,8)9;1-3-5-6-4-2;;;;/h1-18H2;4*1-9H3;3-6H2,1-2H3;;;;/q;4*-1;;2*+1;-2;+4. The van der Waals surface area contributed by atoms with E-state index >= 15 is 0 Å². The Morgan fingerprint density at radius 1 is 0.231 bits per heavy atom. The van der Waals surface area contributed by atoms with Crippen molar-refractivity contribution in [1.29, 1.82) is 0 Å². The topological polar surface area (TPSA) is 265 Å². The fourth-order valence-electron chi connectivity index (χ4n) is 8.05. The second-order valence-electron chi connectivity index (χ2n) is 36.6. The molecule has 3 saturated heterocycles. The van der Waals surface area contributed by atoms with Gasteiger partial charge in [0.15, 0.2) is 0 Å². The first-order valence-electron chi connectivity index (χ1n) is 36.5. The summed E-state index contributed by atoms with van der Waals surface area (Å²) in [5.41, 5.74) is -6.95. The number of hydrogen-bond donors (Lipinski definition) is 0. The maximum atomic E-state index is 12.6. The van der Waals surface area contributed by atoms with Gasteiger partial charge in [-0.05, 0) is 249 Å². The molecule has 0 radical (unpaired) electrons. The zero-order valence-corrected chi connectivity index (χ0v) is 89.6. The van der Waals surface area contributed by atoms with E-state index in [0.29, 0.717) is 79.3 Å². The molecule has 0 aromatic carbocycles. The fraction of sp³-hybridized carbons (Fsp3) is 1.00. The van der Waals surface area contributed by atoms with Crippen LogP contribution >= 0.6 is 0 Å². The summed E-state index contributed by atoms with van der Waals surface area (Å²) in [6.45, 7) is 83.3. The number of fused-ring (bicyclic) bond motifs is 21. The third kappa shape index (κ3) is 93.7. The quantitative estimate of drug-likeness (QED) is 0.150. The molecule has 0 saturated carbocycles. The van der Waals surface area contributed by atoms with Crippen LogP contribution in [0, 0.1) is 31.1 Å². The molecular weight excluding hydrogens is 1710 g/mol. The zero-order chi connectivity index (χ0) is 79.4. The minimum absolute atomic E-state index is 0. The largest absolute Gasteiger partial charge is 4.00 e. The van der Waals surface area contributed by atoms with Crippen LogP contribution in [-0.4, -0.2) is 232 Å². The van der Waals surface area contributed by atoms with E-state index in [4.69, 9.17) is 81.5 Å². The van der Waals surface area contributed by atoms with Gasteiger partial charge in [0.2, 0.25) is 0 Å². The Morgan fingerprint density at radius 3 is 0.404 bits per heavy atom. The van der Waals surface area contributed by atoms with E-state index in [-0.39, 0.29) is 147 Å². The Bertz CT molecular complexity index is 1590. The second kappa shape index (κ2) is 56.9. The van der Waals surface area contributed by atoms with Crippen LogP contribution < -0.4 is 122 Å². The molecule has 0 unspecified atom stereocenters. The summed E-state index contributed by atoms with van der Waals surface area (Å²) in [5.74, 6) is 0. The molecule has 3 aliphatic heterocycles. The van der Waals surface area contributed by atoms with E-state index in [2.05, 4.69) is 23.6 Å². The van der Waals surface area contributed by atoms with E-state index in [1.165, 1.54) is 25.7 Å². The average Bonchev–Trinajstić information content (AvgIpc) is 0.843. The summed E-state index contributed by atoms with van der Waals surface area (Å²) in [7, 11) is -15.6. The Kier molecular flexibility index (Phi) is 67.9. The molecule has 0 atom stereocenters. The van der Waals surface area contributed by atoms with E-state index in [0.717, 1.165) is 39.3 Å². The van der Waals surface area contributed by atoms with Crippen molar-refractivity contribution in [3.8, 4) is 0 Å². The second-order valence-corrected chi connectivity index (χ2v) is 43.1. The van der Waals surface area contributed by atoms with Gasteiger partial charge in [-0.3, -0.25) is 9.80 Å². The third-order valence-electron chi connectivity index (χ3n) is 10.6. The van der Waals surface area contributed by atoms with Gasteiger partial charge in [-0.15, -0.1) is 0 Å². The van der Waals surface area contributed by atoms with Crippen molar-refractivity contribution in [1.82, 2.24) is 9.80 Å². The first kappa shape index (κ1) is 124. The summed E-state index contributed by atoms with van der Waals surface area (Å²) in [6, 6.07) is 0. The van der Waals surface area contributed by atoms with Crippen molar-refractivity contribution in [2.75, 3.05) is 119 Å². The zero-order valence-electron chi connectivity index (χ0n) is 74.3. The van der Waals surface area contributed by atoms with Crippen LogP contribution in [0.4, 0.5) is 0 Å². The smallest absolute Gasteiger partial charge is 2.00 e. The molecule has 104 heavy (non-hydrogen) atoms. The summed E-state index contributed by atoms with van der Waals surface area (Å²) >= 11 is 0. The van der Waals surface area contributed by atoms with Gasteiger partial charge < -0.3 is 114 Å². The van der Waals surface area contributed by atoms with Crippen LogP contribution in [-0.2, 0) is 95.0 Å². The third-order valence-corrected chi connectivity index (χ3v) is 20.9. The van der Waals surface area contributed by atoms with E-state index in [1.54, 1.807) is 0 Å². The minimum atomic E-state index is -3.91. The first-order valence-corrected chi connectivity index (χ1v) is 43.0. The van der Waals surface area contributed by atoms with Crippen LogP contribution in [0.15, 0.2) is 0 Å². The predicted octanol–water partition coefficient (Wildman–Crippen LogP) is 5.22. The SMILES string of the molecule is C1COCCN2CCOCCOCCN(CCO1)CCOCCOCC2.CC(C)(C)O[Si]([O-])(OC(C)(C)C)OC(C)(C)C.CC(C)(C)O[Si]([O-])(OC(C)(C)C)OC(C)(C)C.CC(C)(C)O[Si]([O-])(OC(C)(C)C)OC(C)(C)C.CC(C)(C)O[Si]([O-])(OC(C)(C)C)OC(C)(C)C.CCCCCC.[K+].[K+].[S-2].[U+4]. The predicted molar refractivity (Wildman–Crippen MR) is 408 cm³/mol. The van der Waals surface area contributed by atoms with Gasteiger partial charge in [0.1, 0.15) is 0 Å². The molecule has 24 nitrogen and oxygen atoms in total. The number of hydrogen-bond acceptors (Lipinski definition) is 24. The molecule has 0 N–H and O–H groups in total. The molecule has 0 aromatic rings. The van der Waals surface area contributed by atoms with Crippen molar-refractivity contribution in [3.05, 3.63) is 0 Å². The van der Waals surface area contributed by atoms with Gasteiger partial charge in [-0.2, -0.15) is 0 Å². The molecule has 0 aromatic heterocycles. The average molecular weight is 1860 g/mol. The van der Waals surface area contributed by atoms with Crippen LogP contribution in [0.5, 0.6) is 0 Å². The van der Waals surface area contributed by atoms with Crippen LogP contribution in [0.25, 0.3) is 0 Å². The van der Waals surface area contributed by atoms with Crippen molar-refractivity contribution >= 4 is 49.7 Å². The molecule has 616 valence electrons. The van der Waals surface area contributed by atoms with Gasteiger partial charge in [0.05, 0.1) is 146 Å². The van der Waals surface area contributed by atoms with Gasteiger partial charge in [0, 0.05) is 39.3 Å². The maximum absolute atomic E-state index is 12.6. The molecule has 3 fully saturated rings. The molecule has 0 spiro atoms. The van der Waals surface area contributed by atoms with Crippen LogP contribution in [0.1, 0.15) is 289 Å². The van der Waals surface area contributed by atoms with Crippen LogP contribution in [0.2, 0.25) is 0 Å². The van der Waals surface area contributed by atoms with Gasteiger partial charge in [-0.25, -0.2) is 0 Å². The van der Waals surface area contributed by atoms with E-state index in [1.807, 2.05) is 249 Å². The van der Waals surface area contributed by atoms with Crippen molar-refractivity contribution in [2.45, 2.75) is 356 Å². The van der Waals surface area contributed by atoms with E-state index < -0.39 is 103 Å². The molecule has 0 aliphatic carbocycles. The molecule has 3 aliphatic rings. The summed E-state index contributed by atoms with van der Waals surface area (Å²) in [6.07, 6.45) is 5.54. The molecule has 3 rings (SSSR count). The number of unbranched alkanes of at least 4 members (excludes halogenated alkanes) is 3. The number of ether oxygens (including phenoxy) is 6. The first-order chi connectivity index (χ1) is 44.3. The molecule has 32 heteroatoms. The number of rotatable bonds is 15. The Hall–Kier alpha value is 4.58. The Morgan fingerprint density at radius 2 is 0.327 bits per heavy atom. The number of nitrogens with zero attached hydrogens (tertiary/aromatic N) is 2. The molecular formula is C72H158K2N2O22SSi4U. The summed E-state index contributed by atoms with van der Waals surface area (Å²) in [4.78, 5) is 55.1. The normalized spacial score (nSPS) is 18.1. The monoisotopic (exact) mass is 1860 g/mol. The molecule has 2 bridgehead atoms. The maximum Gasteiger partial charge on any atom is 4.00 e. The van der Waals surface area contributed by atoms with Crippen molar-refractivity contribution < 1.29 is 235 Å². The van der Waals surface area contributed by atoms with Crippen molar-refractivity contribution in [2.24, 2.45) is 0 Å². The minimum Gasteiger partial charge on any atom is -2.00 e. The van der Waals surface area contributed by atoms with Gasteiger partial charge in [0.25, 0.3) is 0 Å². The fourth-order valence-corrected chi connectivity index (χ4v) is 17.5. The molecule has 0 amide bonds. The summed E-state index contributed by atoms with van der Waals surface area (Å²) in [5, 5.41) is 0. The molecule has 3 heterocycles. The Balaban J connectivity index is -0.000000181.